The van der Waals surface area contributed by atoms with E-state index < -0.39 is 0 Å². The predicted octanol–water partition coefficient (Wildman–Crippen LogP) is 2.03. The minimum Gasteiger partial charge on any atom is -0.462 e. The second-order valence-corrected chi connectivity index (χ2v) is 4.19. The van der Waals surface area contributed by atoms with E-state index in [4.69, 9.17) is 4.74 Å². The quantitative estimate of drug-likeness (QED) is 0.794. The third kappa shape index (κ3) is 4.01. The van der Waals surface area contributed by atoms with Gasteiger partial charge in [-0.2, -0.15) is 0 Å². The molecule has 0 fully saturated rings. The lowest BCUT2D eigenvalue weighted by Gasteiger charge is -2.09. The molecule has 0 radical (unpaired) electrons. The van der Waals surface area contributed by atoms with E-state index in [0.717, 1.165) is 6.54 Å². The van der Waals surface area contributed by atoms with E-state index in [9.17, 15) is 4.79 Å². The van der Waals surface area contributed by atoms with Crippen LogP contribution in [0.2, 0.25) is 0 Å². The number of rotatable bonds is 5. The molecule has 0 aromatic carbocycles. The molecule has 0 amide bonds. The molecule has 1 aromatic rings. The summed E-state index contributed by atoms with van der Waals surface area (Å²) >= 11 is 0. The summed E-state index contributed by atoms with van der Waals surface area (Å²) in [6.45, 7) is 8.91. The zero-order chi connectivity index (χ0) is 12.8. The van der Waals surface area contributed by atoms with Crippen LogP contribution in [0.15, 0.2) is 6.20 Å². The van der Waals surface area contributed by atoms with Crippen LogP contribution in [-0.2, 0) is 4.74 Å². The van der Waals surface area contributed by atoms with Crippen molar-refractivity contribution in [3.05, 3.63) is 17.5 Å². The van der Waals surface area contributed by atoms with Gasteiger partial charge in [0, 0.05) is 12.7 Å². The SMILES string of the molecule is CCOC(=O)c1cnc(NCC(C)C)nc1C. The molecule has 0 spiro atoms. The predicted molar refractivity (Wildman–Crippen MR) is 66.1 cm³/mol. The summed E-state index contributed by atoms with van der Waals surface area (Å²) in [5, 5.41) is 3.11. The van der Waals surface area contributed by atoms with E-state index >= 15 is 0 Å². The highest BCUT2D eigenvalue weighted by atomic mass is 16.5. The maximum absolute atomic E-state index is 11.5. The van der Waals surface area contributed by atoms with Gasteiger partial charge in [-0.15, -0.1) is 0 Å². The molecular formula is C12H19N3O2. The Bertz CT molecular complexity index is 391. The molecule has 5 heteroatoms. The number of hydrogen-bond donors (Lipinski definition) is 1. The van der Waals surface area contributed by atoms with Gasteiger partial charge in [0.1, 0.15) is 0 Å². The van der Waals surface area contributed by atoms with Gasteiger partial charge in [-0.05, 0) is 19.8 Å². The van der Waals surface area contributed by atoms with Crippen molar-refractivity contribution in [2.45, 2.75) is 27.7 Å². The monoisotopic (exact) mass is 237 g/mol. The minimum atomic E-state index is -0.375. The van der Waals surface area contributed by atoms with E-state index in [1.807, 2.05) is 0 Å². The molecule has 94 valence electrons. The van der Waals surface area contributed by atoms with E-state index in [-0.39, 0.29) is 5.97 Å². The first kappa shape index (κ1) is 13.4. The smallest absolute Gasteiger partial charge is 0.341 e. The van der Waals surface area contributed by atoms with Crippen molar-refractivity contribution >= 4 is 11.9 Å². The van der Waals surface area contributed by atoms with E-state index in [2.05, 4.69) is 29.1 Å². The van der Waals surface area contributed by atoms with Gasteiger partial charge in [-0.1, -0.05) is 13.8 Å². The topological polar surface area (TPSA) is 64.1 Å². The van der Waals surface area contributed by atoms with Gasteiger partial charge in [0.15, 0.2) is 0 Å². The number of anilines is 1. The van der Waals surface area contributed by atoms with Gasteiger partial charge in [-0.25, -0.2) is 14.8 Å². The third-order valence-electron chi connectivity index (χ3n) is 2.14. The van der Waals surface area contributed by atoms with Crippen LogP contribution in [0.25, 0.3) is 0 Å². The highest BCUT2D eigenvalue weighted by Gasteiger charge is 2.12. The molecule has 0 unspecified atom stereocenters. The molecule has 0 aliphatic rings. The highest BCUT2D eigenvalue weighted by Crippen LogP contribution is 2.09. The van der Waals surface area contributed by atoms with Crippen LogP contribution in [-0.4, -0.2) is 29.1 Å². The van der Waals surface area contributed by atoms with Gasteiger partial charge in [0.2, 0.25) is 5.95 Å². The molecule has 5 nitrogen and oxygen atoms in total. The standard InChI is InChI=1S/C12H19N3O2/c1-5-17-11(16)10-7-14-12(15-9(10)4)13-6-8(2)3/h7-8H,5-6H2,1-4H3,(H,13,14,15). The molecule has 0 aliphatic heterocycles. The third-order valence-corrected chi connectivity index (χ3v) is 2.14. The Morgan fingerprint density at radius 2 is 2.24 bits per heavy atom. The lowest BCUT2D eigenvalue weighted by molar-refractivity contribution is 0.0524. The molecule has 1 N–H and O–H groups in total. The second-order valence-electron chi connectivity index (χ2n) is 4.19. The summed E-state index contributed by atoms with van der Waals surface area (Å²) in [6, 6.07) is 0. The summed E-state index contributed by atoms with van der Waals surface area (Å²) in [5.41, 5.74) is 1.05. The average Bonchev–Trinajstić information content (AvgIpc) is 2.26. The van der Waals surface area contributed by atoms with Crippen molar-refractivity contribution < 1.29 is 9.53 Å². The van der Waals surface area contributed by atoms with Crippen molar-refractivity contribution in [2.24, 2.45) is 5.92 Å². The van der Waals surface area contributed by atoms with Gasteiger partial charge in [0.25, 0.3) is 0 Å². The van der Waals surface area contributed by atoms with Crippen LogP contribution in [0.4, 0.5) is 5.95 Å². The Hall–Kier alpha value is -1.65. The number of nitrogens with zero attached hydrogens (tertiary/aromatic N) is 2. The Morgan fingerprint density at radius 1 is 1.53 bits per heavy atom. The number of esters is 1. The van der Waals surface area contributed by atoms with Gasteiger partial charge >= 0.3 is 5.97 Å². The van der Waals surface area contributed by atoms with Crippen molar-refractivity contribution in [3.63, 3.8) is 0 Å². The van der Waals surface area contributed by atoms with Crippen LogP contribution >= 0.6 is 0 Å². The van der Waals surface area contributed by atoms with Crippen molar-refractivity contribution in [1.82, 2.24) is 9.97 Å². The fraction of sp³-hybridized carbons (Fsp3) is 0.583. The molecule has 1 aromatic heterocycles. The number of carbonyl (C=O) groups excluding carboxylic acids is 1. The first-order valence-electron chi connectivity index (χ1n) is 5.79. The Balaban J connectivity index is 2.75. The highest BCUT2D eigenvalue weighted by molar-refractivity contribution is 5.90. The minimum absolute atomic E-state index is 0.353. The zero-order valence-corrected chi connectivity index (χ0v) is 10.8. The van der Waals surface area contributed by atoms with Crippen LogP contribution in [0, 0.1) is 12.8 Å². The lowest BCUT2D eigenvalue weighted by atomic mass is 10.2. The Kier molecular flexibility index (Phi) is 4.87. The fourth-order valence-corrected chi connectivity index (χ4v) is 1.26. The van der Waals surface area contributed by atoms with Crippen molar-refractivity contribution in [1.29, 1.82) is 0 Å². The number of carbonyl (C=O) groups is 1. The number of ether oxygens (including phenoxy) is 1. The summed E-state index contributed by atoms with van der Waals surface area (Å²) in [7, 11) is 0. The molecule has 0 saturated heterocycles. The normalized spacial score (nSPS) is 10.4. The fourth-order valence-electron chi connectivity index (χ4n) is 1.26. The van der Waals surface area contributed by atoms with Gasteiger partial charge in [-0.3, -0.25) is 0 Å². The first-order chi connectivity index (χ1) is 8.04. The van der Waals surface area contributed by atoms with Crippen LogP contribution in [0.5, 0.6) is 0 Å². The summed E-state index contributed by atoms with van der Waals surface area (Å²) in [4.78, 5) is 19.8. The summed E-state index contributed by atoms with van der Waals surface area (Å²) in [5.74, 6) is 0.688. The molecule has 0 bridgehead atoms. The largest absolute Gasteiger partial charge is 0.462 e. The molecule has 0 aliphatic carbocycles. The molecule has 1 heterocycles. The maximum Gasteiger partial charge on any atom is 0.341 e. The second kappa shape index (κ2) is 6.18. The number of nitrogens with one attached hydrogen (secondary N) is 1. The lowest BCUT2D eigenvalue weighted by Crippen LogP contribution is -2.13. The molecule has 17 heavy (non-hydrogen) atoms. The van der Waals surface area contributed by atoms with Crippen LogP contribution in [0.3, 0.4) is 0 Å². The van der Waals surface area contributed by atoms with Crippen LogP contribution in [0.1, 0.15) is 36.8 Å². The average molecular weight is 237 g/mol. The molecule has 0 saturated carbocycles. The summed E-state index contributed by atoms with van der Waals surface area (Å²) < 4.78 is 4.91. The first-order valence-corrected chi connectivity index (χ1v) is 5.79. The van der Waals surface area contributed by atoms with E-state index in [0.29, 0.717) is 29.7 Å². The summed E-state index contributed by atoms with van der Waals surface area (Å²) in [6.07, 6.45) is 1.50. The zero-order valence-electron chi connectivity index (χ0n) is 10.8. The van der Waals surface area contributed by atoms with E-state index in [1.54, 1.807) is 13.8 Å². The van der Waals surface area contributed by atoms with Gasteiger partial charge < -0.3 is 10.1 Å². The number of aromatic nitrogens is 2. The molecule has 1 rings (SSSR count). The van der Waals surface area contributed by atoms with Gasteiger partial charge in [0.05, 0.1) is 17.9 Å². The van der Waals surface area contributed by atoms with Crippen molar-refractivity contribution in [2.75, 3.05) is 18.5 Å². The maximum atomic E-state index is 11.5. The molecule has 0 atom stereocenters. The van der Waals surface area contributed by atoms with Crippen molar-refractivity contribution in [3.8, 4) is 0 Å². The Labute approximate surface area is 102 Å². The number of hydrogen-bond acceptors (Lipinski definition) is 5. The van der Waals surface area contributed by atoms with E-state index in [1.165, 1.54) is 6.20 Å². The van der Waals surface area contributed by atoms with Crippen LogP contribution < -0.4 is 5.32 Å². The Morgan fingerprint density at radius 3 is 2.76 bits per heavy atom. The molecular weight excluding hydrogens is 218 g/mol. The number of aryl methyl sites for hydroxylation is 1.